The fraction of sp³-hybridized carbons (Fsp3) is 0.0800. The molecule has 1 spiro atoms. The lowest BCUT2D eigenvalue weighted by atomic mass is 9.65. The fourth-order valence-corrected chi connectivity index (χ4v) is 10.5. The number of fused-ring (bicyclic) bond motifs is 16. The van der Waals surface area contributed by atoms with E-state index in [0.29, 0.717) is 0 Å². The molecule has 2 atom stereocenters. The Bertz CT molecular complexity index is 2880. The van der Waals surface area contributed by atoms with Crippen LogP contribution in [0.4, 0.5) is 17.1 Å². The molecule has 2 aliphatic heterocycles. The van der Waals surface area contributed by atoms with Crippen molar-refractivity contribution in [2.75, 3.05) is 4.90 Å². The SMILES string of the molecule is Cc1cccc2c1N(c1ccc3c(c1)C1(c4ccccc4Oc4c1ccc1ccccc41)c1ccccc1-3)c1cccc3c1C2(C)c1ccccc1-3. The lowest BCUT2D eigenvalue weighted by Crippen LogP contribution is -2.34. The largest absolute Gasteiger partial charge is 0.456 e. The predicted octanol–water partition coefficient (Wildman–Crippen LogP) is 12.7. The van der Waals surface area contributed by atoms with Crippen molar-refractivity contribution >= 4 is 27.8 Å². The number of nitrogens with zero attached hydrogens (tertiary/aromatic N) is 1. The molecule has 2 nitrogen and oxygen atoms in total. The summed E-state index contributed by atoms with van der Waals surface area (Å²) in [6, 6.07) is 60.9. The number of para-hydroxylation sites is 2. The summed E-state index contributed by atoms with van der Waals surface area (Å²) in [5.74, 6) is 1.85. The topological polar surface area (TPSA) is 12.5 Å². The van der Waals surface area contributed by atoms with Gasteiger partial charge >= 0.3 is 0 Å². The Hall–Kier alpha value is -6.38. The molecule has 2 heterocycles. The van der Waals surface area contributed by atoms with Crippen molar-refractivity contribution in [2.45, 2.75) is 24.7 Å². The number of aryl methyl sites for hydroxylation is 1. The lowest BCUT2D eigenvalue weighted by Gasteiger charge is -2.44. The summed E-state index contributed by atoms with van der Waals surface area (Å²) >= 11 is 0. The molecule has 8 aromatic rings. The van der Waals surface area contributed by atoms with Crippen LogP contribution in [0.2, 0.25) is 0 Å². The van der Waals surface area contributed by atoms with Crippen molar-refractivity contribution in [1.82, 2.24) is 0 Å². The third-order valence-corrected chi connectivity index (χ3v) is 12.6. The molecule has 8 aromatic carbocycles. The highest BCUT2D eigenvalue weighted by molar-refractivity contribution is 6.00. The Morgan fingerprint density at radius 3 is 2.06 bits per heavy atom. The van der Waals surface area contributed by atoms with Crippen LogP contribution in [0.15, 0.2) is 164 Å². The summed E-state index contributed by atoms with van der Waals surface area (Å²) < 4.78 is 6.93. The third kappa shape index (κ3) is 3.19. The first-order valence-electron chi connectivity index (χ1n) is 18.3. The van der Waals surface area contributed by atoms with E-state index in [0.717, 1.165) is 16.9 Å². The molecule has 2 unspecified atom stereocenters. The van der Waals surface area contributed by atoms with Gasteiger partial charge in [-0.3, -0.25) is 0 Å². The molecule has 0 amide bonds. The van der Waals surface area contributed by atoms with Crippen LogP contribution in [0.25, 0.3) is 33.0 Å². The van der Waals surface area contributed by atoms with Gasteiger partial charge in [0, 0.05) is 27.6 Å². The lowest BCUT2D eigenvalue weighted by molar-refractivity contribution is 0.441. The maximum Gasteiger partial charge on any atom is 0.140 e. The van der Waals surface area contributed by atoms with E-state index in [4.69, 9.17) is 4.74 Å². The Morgan fingerprint density at radius 1 is 0.500 bits per heavy atom. The van der Waals surface area contributed by atoms with E-state index in [1.54, 1.807) is 0 Å². The summed E-state index contributed by atoms with van der Waals surface area (Å²) in [4.78, 5) is 2.56. The summed E-state index contributed by atoms with van der Waals surface area (Å²) in [5.41, 5.74) is 18.4. The van der Waals surface area contributed by atoms with Gasteiger partial charge in [-0.2, -0.15) is 0 Å². The summed E-state index contributed by atoms with van der Waals surface area (Å²) in [6.45, 7) is 4.71. The van der Waals surface area contributed by atoms with E-state index in [-0.39, 0.29) is 5.41 Å². The van der Waals surface area contributed by atoms with E-state index < -0.39 is 5.41 Å². The van der Waals surface area contributed by atoms with Crippen LogP contribution >= 0.6 is 0 Å². The first-order chi connectivity index (χ1) is 25.6. The van der Waals surface area contributed by atoms with Crippen LogP contribution in [0.3, 0.4) is 0 Å². The highest BCUT2D eigenvalue weighted by Gasteiger charge is 2.53. The fourth-order valence-electron chi connectivity index (χ4n) is 10.5. The van der Waals surface area contributed by atoms with E-state index in [1.165, 1.54) is 89.2 Å². The van der Waals surface area contributed by atoms with Crippen LogP contribution in [0, 0.1) is 6.92 Å². The third-order valence-electron chi connectivity index (χ3n) is 12.6. The molecule has 0 N–H and O–H groups in total. The maximum atomic E-state index is 6.93. The van der Waals surface area contributed by atoms with E-state index in [2.05, 4.69) is 183 Å². The Balaban J connectivity index is 1.19. The van der Waals surface area contributed by atoms with E-state index in [9.17, 15) is 0 Å². The van der Waals surface area contributed by atoms with Gasteiger partial charge in [0.25, 0.3) is 0 Å². The monoisotopic (exact) mass is 663 g/mol. The van der Waals surface area contributed by atoms with Gasteiger partial charge in [0.1, 0.15) is 11.5 Å². The highest BCUT2D eigenvalue weighted by atomic mass is 16.5. The Kier molecular flexibility index (Phi) is 5.28. The van der Waals surface area contributed by atoms with Crippen molar-refractivity contribution in [3.05, 3.63) is 208 Å². The minimum Gasteiger partial charge on any atom is -0.456 e. The summed E-state index contributed by atoms with van der Waals surface area (Å²) in [6.07, 6.45) is 0. The molecule has 2 heteroatoms. The molecule has 0 saturated heterocycles. The minimum absolute atomic E-state index is 0.256. The molecular weight excluding hydrogens is 631 g/mol. The standard InChI is InChI=1S/C50H33NO/c1-30-13-11-22-41-47(30)51(44-23-12-18-37-35-17-5-7-19-38(35)49(41,2)46(37)44)32-26-27-36-34-16-6-8-20-39(34)50(43(36)29-32)40-21-9-10-24-45(40)52-48-33-15-4-3-14-31(33)25-28-42(48)50/h3-29H,1-2H3. The van der Waals surface area contributed by atoms with Gasteiger partial charge in [0.15, 0.2) is 0 Å². The smallest absolute Gasteiger partial charge is 0.140 e. The average Bonchev–Trinajstić information content (AvgIpc) is 3.63. The molecule has 2 aliphatic carbocycles. The van der Waals surface area contributed by atoms with Gasteiger partial charge < -0.3 is 9.64 Å². The van der Waals surface area contributed by atoms with Crippen molar-refractivity contribution in [3.8, 4) is 33.8 Å². The summed E-state index contributed by atoms with van der Waals surface area (Å²) in [7, 11) is 0. The van der Waals surface area contributed by atoms with Crippen LogP contribution < -0.4 is 9.64 Å². The van der Waals surface area contributed by atoms with Gasteiger partial charge in [-0.25, -0.2) is 0 Å². The van der Waals surface area contributed by atoms with Gasteiger partial charge in [0.05, 0.1) is 16.8 Å². The Morgan fingerprint density at radius 2 is 1.17 bits per heavy atom. The second-order valence-corrected chi connectivity index (χ2v) is 15.0. The van der Waals surface area contributed by atoms with Crippen LogP contribution in [0.1, 0.15) is 51.4 Å². The van der Waals surface area contributed by atoms with E-state index in [1.807, 2.05) is 0 Å². The molecule has 0 radical (unpaired) electrons. The molecule has 4 aliphatic rings. The molecule has 0 aromatic heterocycles. The van der Waals surface area contributed by atoms with Gasteiger partial charge in [-0.05, 0) is 99.1 Å². The van der Waals surface area contributed by atoms with E-state index >= 15 is 0 Å². The zero-order valence-electron chi connectivity index (χ0n) is 28.9. The molecular formula is C50H33NO. The van der Waals surface area contributed by atoms with Crippen LogP contribution in [0.5, 0.6) is 11.5 Å². The number of hydrogen-bond acceptors (Lipinski definition) is 2. The number of rotatable bonds is 1. The average molecular weight is 664 g/mol. The predicted molar refractivity (Wildman–Crippen MR) is 212 cm³/mol. The van der Waals surface area contributed by atoms with Gasteiger partial charge in [-0.1, -0.05) is 140 Å². The molecule has 0 saturated carbocycles. The molecule has 12 rings (SSSR count). The molecule has 0 fully saturated rings. The number of benzene rings is 8. The second kappa shape index (κ2) is 9.69. The van der Waals surface area contributed by atoms with Gasteiger partial charge in [0.2, 0.25) is 0 Å². The van der Waals surface area contributed by atoms with Crippen LogP contribution in [-0.2, 0) is 10.8 Å². The molecule has 0 bridgehead atoms. The maximum absolute atomic E-state index is 6.93. The van der Waals surface area contributed by atoms with Crippen molar-refractivity contribution in [3.63, 3.8) is 0 Å². The van der Waals surface area contributed by atoms with Gasteiger partial charge in [-0.15, -0.1) is 0 Å². The van der Waals surface area contributed by atoms with Crippen molar-refractivity contribution < 1.29 is 4.74 Å². The zero-order chi connectivity index (χ0) is 34.3. The van der Waals surface area contributed by atoms with Crippen LogP contribution in [-0.4, -0.2) is 0 Å². The zero-order valence-corrected chi connectivity index (χ0v) is 28.9. The molecule has 52 heavy (non-hydrogen) atoms. The quantitative estimate of drug-likeness (QED) is 0.173. The molecule has 244 valence electrons. The number of ether oxygens (including phenoxy) is 1. The Labute approximate surface area is 303 Å². The number of anilines is 3. The second-order valence-electron chi connectivity index (χ2n) is 15.0. The normalized spacial score (nSPS) is 19.2. The first-order valence-corrected chi connectivity index (χ1v) is 18.3. The number of hydrogen-bond donors (Lipinski definition) is 0. The first kappa shape index (κ1) is 28.3. The van der Waals surface area contributed by atoms with Crippen molar-refractivity contribution in [2.24, 2.45) is 0 Å². The summed E-state index contributed by atoms with van der Waals surface area (Å²) in [5, 5.41) is 2.31. The minimum atomic E-state index is -0.566. The highest BCUT2D eigenvalue weighted by Crippen LogP contribution is 2.66. The van der Waals surface area contributed by atoms with Crippen molar-refractivity contribution in [1.29, 1.82) is 0 Å².